The van der Waals surface area contributed by atoms with Crippen LogP contribution in [0.1, 0.15) is 42.6 Å². The first-order valence-electron chi connectivity index (χ1n) is 9.01. The fraction of sp³-hybridized carbons (Fsp3) is 0.300. The molecule has 0 bridgehead atoms. The van der Waals surface area contributed by atoms with Gasteiger partial charge in [0.1, 0.15) is 11.3 Å². The summed E-state index contributed by atoms with van der Waals surface area (Å²) < 4.78 is 11.9. The van der Waals surface area contributed by atoms with Gasteiger partial charge in [0.15, 0.2) is 12.3 Å². The predicted octanol–water partition coefficient (Wildman–Crippen LogP) is 2.43. The molecule has 8 heteroatoms. The van der Waals surface area contributed by atoms with Gasteiger partial charge in [0.05, 0.1) is 6.04 Å². The number of fused-ring (bicyclic) bond motifs is 1. The number of rotatable bonds is 7. The molecule has 3 aromatic rings. The Hall–Kier alpha value is -3.42. The van der Waals surface area contributed by atoms with Crippen LogP contribution in [0.25, 0.3) is 11.0 Å². The van der Waals surface area contributed by atoms with Crippen molar-refractivity contribution in [3.63, 3.8) is 0 Å². The maximum atomic E-state index is 12.1. The smallest absolute Gasteiger partial charge is 0.359 e. The lowest BCUT2D eigenvalue weighted by Gasteiger charge is -2.11. The maximum absolute atomic E-state index is 12.1. The third-order valence-corrected chi connectivity index (χ3v) is 4.09. The first-order valence-corrected chi connectivity index (χ1v) is 9.01. The van der Waals surface area contributed by atoms with Crippen molar-refractivity contribution >= 4 is 22.8 Å². The van der Waals surface area contributed by atoms with Crippen LogP contribution in [0.5, 0.6) is 0 Å². The van der Waals surface area contributed by atoms with Crippen molar-refractivity contribution in [2.75, 3.05) is 6.61 Å². The van der Waals surface area contributed by atoms with Crippen LogP contribution in [0.4, 0.5) is 0 Å². The lowest BCUT2D eigenvalue weighted by Crippen LogP contribution is -2.31. The molecule has 0 spiro atoms. The second kappa shape index (κ2) is 8.51. The monoisotopic (exact) mass is 383 g/mol. The molecule has 146 valence electrons. The van der Waals surface area contributed by atoms with E-state index >= 15 is 0 Å². The Balaban J connectivity index is 1.57. The van der Waals surface area contributed by atoms with Gasteiger partial charge in [0.25, 0.3) is 11.5 Å². The van der Waals surface area contributed by atoms with Crippen molar-refractivity contribution in [3.8, 4) is 0 Å². The molecule has 1 N–H and O–H groups in total. The number of amides is 1. The summed E-state index contributed by atoms with van der Waals surface area (Å²) in [6, 6.07) is 11.5. The normalized spacial score (nSPS) is 11.9. The largest absolute Gasteiger partial charge is 0.459 e. The molecule has 1 amide bonds. The SMILES string of the molecule is CCCn1nc(C(=O)OCC(=O)NC(C)c2cc3ccccc3o2)ccc1=O. The summed E-state index contributed by atoms with van der Waals surface area (Å²) in [5.74, 6) is -0.631. The van der Waals surface area contributed by atoms with E-state index in [2.05, 4.69) is 10.4 Å². The molecule has 0 radical (unpaired) electrons. The fourth-order valence-electron chi connectivity index (χ4n) is 2.70. The van der Waals surface area contributed by atoms with Crippen LogP contribution in [-0.2, 0) is 16.1 Å². The topological polar surface area (TPSA) is 103 Å². The Labute approximate surface area is 161 Å². The van der Waals surface area contributed by atoms with E-state index in [1.807, 2.05) is 37.3 Å². The molecular weight excluding hydrogens is 362 g/mol. The molecule has 1 atom stereocenters. The van der Waals surface area contributed by atoms with Crippen LogP contribution in [0.3, 0.4) is 0 Å². The van der Waals surface area contributed by atoms with E-state index in [4.69, 9.17) is 9.15 Å². The van der Waals surface area contributed by atoms with Crippen molar-refractivity contribution < 1.29 is 18.7 Å². The van der Waals surface area contributed by atoms with Crippen molar-refractivity contribution in [1.29, 1.82) is 0 Å². The van der Waals surface area contributed by atoms with E-state index in [9.17, 15) is 14.4 Å². The highest BCUT2D eigenvalue weighted by Crippen LogP contribution is 2.23. The zero-order valence-electron chi connectivity index (χ0n) is 15.7. The number of hydrogen-bond acceptors (Lipinski definition) is 6. The number of nitrogens with zero attached hydrogens (tertiary/aromatic N) is 2. The Morgan fingerprint density at radius 2 is 2.04 bits per heavy atom. The van der Waals surface area contributed by atoms with Crippen LogP contribution in [0, 0.1) is 0 Å². The molecule has 0 aliphatic rings. The summed E-state index contributed by atoms with van der Waals surface area (Å²) in [6.07, 6.45) is 0.702. The predicted molar refractivity (Wildman–Crippen MR) is 102 cm³/mol. The number of esters is 1. The Bertz CT molecular complexity index is 1020. The highest BCUT2D eigenvalue weighted by molar-refractivity contribution is 5.89. The van der Waals surface area contributed by atoms with Crippen molar-refractivity contribution in [2.45, 2.75) is 32.9 Å². The molecular formula is C20H21N3O5. The molecule has 0 aliphatic carbocycles. The molecule has 2 aromatic heterocycles. The highest BCUT2D eigenvalue weighted by Gasteiger charge is 2.17. The van der Waals surface area contributed by atoms with Crippen LogP contribution in [0.2, 0.25) is 0 Å². The molecule has 0 saturated heterocycles. The number of carbonyl (C=O) groups excluding carboxylic acids is 2. The fourth-order valence-corrected chi connectivity index (χ4v) is 2.70. The molecule has 0 saturated carbocycles. The summed E-state index contributed by atoms with van der Waals surface area (Å²) in [4.78, 5) is 35.8. The lowest BCUT2D eigenvalue weighted by molar-refractivity contribution is -0.125. The number of benzene rings is 1. The number of aryl methyl sites for hydroxylation is 1. The van der Waals surface area contributed by atoms with Gasteiger partial charge in [0.2, 0.25) is 0 Å². The summed E-state index contributed by atoms with van der Waals surface area (Å²) in [7, 11) is 0. The van der Waals surface area contributed by atoms with Gasteiger partial charge < -0.3 is 14.5 Å². The number of hydrogen-bond donors (Lipinski definition) is 1. The summed E-state index contributed by atoms with van der Waals surface area (Å²) in [6.45, 7) is 3.61. The Kier molecular flexibility index (Phi) is 5.88. The Morgan fingerprint density at radius 3 is 2.79 bits per heavy atom. The minimum atomic E-state index is -0.767. The van der Waals surface area contributed by atoms with Crippen LogP contribution in [-0.4, -0.2) is 28.3 Å². The third kappa shape index (κ3) is 4.46. The summed E-state index contributed by atoms with van der Waals surface area (Å²) in [5.41, 5.74) is 0.417. The van der Waals surface area contributed by atoms with Crippen LogP contribution in [0.15, 0.2) is 51.7 Å². The van der Waals surface area contributed by atoms with E-state index in [0.717, 1.165) is 11.0 Å². The number of ether oxygens (including phenoxy) is 1. The molecule has 28 heavy (non-hydrogen) atoms. The van der Waals surface area contributed by atoms with Gasteiger partial charge >= 0.3 is 5.97 Å². The summed E-state index contributed by atoms with van der Waals surface area (Å²) in [5, 5.41) is 7.62. The number of aromatic nitrogens is 2. The number of para-hydroxylation sites is 1. The lowest BCUT2D eigenvalue weighted by atomic mass is 10.2. The van der Waals surface area contributed by atoms with Gasteiger partial charge in [-0.25, -0.2) is 9.48 Å². The van der Waals surface area contributed by atoms with Crippen molar-refractivity contribution in [2.24, 2.45) is 0 Å². The van der Waals surface area contributed by atoms with E-state index in [-0.39, 0.29) is 17.3 Å². The number of furan rings is 1. The molecule has 1 unspecified atom stereocenters. The van der Waals surface area contributed by atoms with Gasteiger partial charge in [-0.05, 0) is 31.5 Å². The molecule has 0 aliphatic heterocycles. The number of carbonyl (C=O) groups is 2. The zero-order chi connectivity index (χ0) is 20.1. The first kappa shape index (κ1) is 19.3. The molecule has 3 rings (SSSR count). The quantitative estimate of drug-likeness (QED) is 0.629. The van der Waals surface area contributed by atoms with E-state index < -0.39 is 18.5 Å². The second-order valence-corrected chi connectivity index (χ2v) is 6.33. The van der Waals surface area contributed by atoms with E-state index in [1.54, 1.807) is 6.92 Å². The zero-order valence-corrected chi connectivity index (χ0v) is 15.7. The minimum Gasteiger partial charge on any atom is -0.459 e. The van der Waals surface area contributed by atoms with Crippen LogP contribution < -0.4 is 10.9 Å². The number of nitrogens with one attached hydrogen (secondary N) is 1. The molecule has 1 aromatic carbocycles. The molecule has 0 fully saturated rings. The highest BCUT2D eigenvalue weighted by atomic mass is 16.5. The van der Waals surface area contributed by atoms with Crippen molar-refractivity contribution in [3.05, 3.63) is 64.3 Å². The Morgan fingerprint density at radius 1 is 1.25 bits per heavy atom. The minimum absolute atomic E-state index is 0.0221. The van der Waals surface area contributed by atoms with Gasteiger partial charge in [-0.1, -0.05) is 25.1 Å². The third-order valence-electron chi connectivity index (χ3n) is 4.09. The molecule has 2 heterocycles. The standard InChI is InChI=1S/C20H21N3O5/c1-3-10-23-19(25)9-8-15(22-23)20(26)27-12-18(24)21-13(2)17-11-14-6-4-5-7-16(14)28-17/h4-9,11,13H,3,10,12H2,1-2H3,(H,21,24). The van der Waals surface area contributed by atoms with Gasteiger partial charge in [-0.3, -0.25) is 9.59 Å². The first-order chi connectivity index (χ1) is 13.5. The van der Waals surface area contributed by atoms with Crippen molar-refractivity contribution in [1.82, 2.24) is 15.1 Å². The second-order valence-electron chi connectivity index (χ2n) is 6.33. The average molecular weight is 383 g/mol. The van der Waals surface area contributed by atoms with E-state index in [1.165, 1.54) is 16.8 Å². The van der Waals surface area contributed by atoms with Gasteiger partial charge in [-0.2, -0.15) is 5.10 Å². The van der Waals surface area contributed by atoms with Gasteiger partial charge in [0, 0.05) is 18.0 Å². The van der Waals surface area contributed by atoms with E-state index in [0.29, 0.717) is 18.7 Å². The van der Waals surface area contributed by atoms with Crippen LogP contribution >= 0.6 is 0 Å². The summed E-state index contributed by atoms with van der Waals surface area (Å²) >= 11 is 0. The van der Waals surface area contributed by atoms with Gasteiger partial charge in [-0.15, -0.1) is 0 Å². The maximum Gasteiger partial charge on any atom is 0.359 e. The molecule has 8 nitrogen and oxygen atoms in total. The average Bonchev–Trinajstić information content (AvgIpc) is 3.12.